The van der Waals surface area contributed by atoms with Crippen LogP contribution in [-0.4, -0.2) is 60.6 Å². The van der Waals surface area contributed by atoms with Gasteiger partial charge in [-0.1, -0.05) is 67.5 Å². The molecule has 0 saturated carbocycles. The Balaban J connectivity index is 0.00000195. The van der Waals surface area contributed by atoms with Gasteiger partial charge in [-0.05, 0) is 49.3 Å². The molecule has 0 aromatic carbocycles. The maximum atomic E-state index is 5.64. The highest BCUT2D eigenvalue weighted by Gasteiger charge is 2.32. The van der Waals surface area contributed by atoms with Gasteiger partial charge in [0, 0.05) is 49.5 Å². The number of ether oxygens (including phenoxy) is 1. The number of methoxy groups -OCH3 is 1. The third kappa shape index (κ3) is 7.68. The number of nitrogens with zero attached hydrogens (tertiary/aromatic N) is 5. The Kier molecular flexibility index (Phi) is 9.12. The molecular formula is C31H50N6O. The van der Waals surface area contributed by atoms with Crippen molar-refractivity contribution in [1.29, 1.82) is 0 Å². The minimum Gasteiger partial charge on any atom is -0.358 e. The molecule has 4 heterocycles. The van der Waals surface area contributed by atoms with Crippen LogP contribution in [-0.2, 0) is 4.74 Å². The fraction of sp³-hybridized carbons (Fsp3) is 0.645. The zero-order chi connectivity index (χ0) is 28.2. The summed E-state index contributed by atoms with van der Waals surface area (Å²) in [5.74, 6) is 2.92. The molecule has 0 aromatic heterocycles. The van der Waals surface area contributed by atoms with Crippen molar-refractivity contribution in [2.45, 2.75) is 87.3 Å². The molecule has 1 saturated heterocycles. The maximum Gasteiger partial charge on any atom is 0.174 e. The minimum absolute atomic E-state index is 0.122. The summed E-state index contributed by atoms with van der Waals surface area (Å²) in [6.45, 7) is 22.0. The molecule has 210 valence electrons. The zero-order valence-corrected chi connectivity index (χ0v) is 25.4. The van der Waals surface area contributed by atoms with Crippen LogP contribution in [0.1, 0.15) is 81.6 Å². The van der Waals surface area contributed by atoms with Gasteiger partial charge >= 0.3 is 0 Å². The van der Waals surface area contributed by atoms with Gasteiger partial charge in [0.1, 0.15) is 11.6 Å². The van der Waals surface area contributed by atoms with E-state index in [-0.39, 0.29) is 10.8 Å². The van der Waals surface area contributed by atoms with E-state index in [1.807, 2.05) is 44.3 Å². The van der Waals surface area contributed by atoms with Crippen molar-refractivity contribution in [1.82, 2.24) is 15.2 Å². The molecule has 38 heavy (non-hydrogen) atoms. The number of likely N-dealkylation sites (tertiary alicyclic amines) is 1. The van der Waals surface area contributed by atoms with Gasteiger partial charge < -0.3 is 15.0 Å². The number of aliphatic imine (C=N–C) groups is 2. The summed E-state index contributed by atoms with van der Waals surface area (Å²) < 4.78 is 5.64. The molecule has 1 unspecified atom stereocenters. The van der Waals surface area contributed by atoms with Crippen LogP contribution in [0, 0.1) is 16.2 Å². The van der Waals surface area contributed by atoms with Gasteiger partial charge in [0.25, 0.3) is 0 Å². The lowest BCUT2D eigenvalue weighted by atomic mass is 9.85. The van der Waals surface area contributed by atoms with Gasteiger partial charge in [0.2, 0.25) is 0 Å². The minimum atomic E-state index is -0.676. The summed E-state index contributed by atoms with van der Waals surface area (Å²) in [5, 5.41) is 10.4. The van der Waals surface area contributed by atoms with E-state index in [4.69, 9.17) is 19.8 Å². The average Bonchev–Trinajstić information content (AvgIpc) is 3.04. The van der Waals surface area contributed by atoms with E-state index in [0.717, 1.165) is 36.1 Å². The van der Waals surface area contributed by atoms with E-state index in [0.29, 0.717) is 12.0 Å². The van der Waals surface area contributed by atoms with Crippen LogP contribution in [0.25, 0.3) is 0 Å². The van der Waals surface area contributed by atoms with E-state index < -0.39 is 5.72 Å². The Hall–Kier alpha value is -2.67. The first-order valence-electron chi connectivity index (χ1n) is 14.2. The Morgan fingerprint density at radius 3 is 2.39 bits per heavy atom. The fourth-order valence-corrected chi connectivity index (χ4v) is 4.85. The van der Waals surface area contributed by atoms with Crippen LogP contribution in [0.3, 0.4) is 0 Å². The van der Waals surface area contributed by atoms with Crippen molar-refractivity contribution in [3.8, 4) is 0 Å². The number of hydrogen-bond acceptors (Lipinski definition) is 6. The molecule has 4 aliphatic rings. The van der Waals surface area contributed by atoms with Gasteiger partial charge in [-0.2, -0.15) is 10.1 Å². The summed E-state index contributed by atoms with van der Waals surface area (Å²) in [4.78, 5) is 12.2. The number of rotatable bonds is 4. The summed E-state index contributed by atoms with van der Waals surface area (Å²) in [6, 6.07) is 0. The first-order chi connectivity index (χ1) is 17.8. The quantitative estimate of drug-likeness (QED) is 0.429. The SMILES string of the molecule is CC.COC1(C)/C=C\C(C)(C)/C=C(CN=C2C=C(N3CCCC(C)(C)CC3)NC3=CC(C)(C)C=NN32)\C=N/1. The van der Waals surface area contributed by atoms with Gasteiger partial charge in [-0.15, -0.1) is 0 Å². The van der Waals surface area contributed by atoms with Crippen LogP contribution in [0.15, 0.2) is 62.7 Å². The second kappa shape index (κ2) is 11.6. The van der Waals surface area contributed by atoms with Crippen molar-refractivity contribution in [2.75, 3.05) is 26.7 Å². The lowest BCUT2D eigenvalue weighted by Crippen LogP contribution is -2.45. The molecule has 7 nitrogen and oxygen atoms in total. The molecule has 0 aromatic rings. The summed E-state index contributed by atoms with van der Waals surface area (Å²) in [5.41, 5.74) is 0.504. The Morgan fingerprint density at radius 1 is 0.947 bits per heavy atom. The average molecular weight is 523 g/mol. The number of allylic oxidation sites excluding steroid dienone is 3. The predicted octanol–water partition coefficient (Wildman–Crippen LogP) is 6.49. The molecular weight excluding hydrogens is 472 g/mol. The lowest BCUT2D eigenvalue weighted by Gasteiger charge is -2.38. The van der Waals surface area contributed by atoms with Crippen molar-refractivity contribution < 1.29 is 4.74 Å². The molecule has 0 radical (unpaired) electrons. The van der Waals surface area contributed by atoms with Gasteiger partial charge in [0.15, 0.2) is 11.6 Å². The fourth-order valence-electron chi connectivity index (χ4n) is 4.85. The highest BCUT2D eigenvalue weighted by Crippen LogP contribution is 2.33. The Morgan fingerprint density at radius 2 is 1.68 bits per heavy atom. The third-order valence-electron chi connectivity index (χ3n) is 7.37. The first kappa shape index (κ1) is 29.9. The summed E-state index contributed by atoms with van der Waals surface area (Å²) in [7, 11) is 1.69. The maximum absolute atomic E-state index is 5.64. The van der Waals surface area contributed by atoms with E-state index in [1.165, 1.54) is 19.3 Å². The molecule has 1 fully saturated rings. The van der Waals surface area contributed by atoms with Crippen LogP contribution in [0.5, 0.6) is 0 Å². The van der Waals surface area contributed by atoms with Crippen molar-refractivity contribution in [3.63, 3.8) is 0 Å². The third-order valence-corrected chi connectivity index (χ3v) is 7.37. The number of fused-ring (bicyclic) bond motifs is 1. The van der Waals surface area contributed by atoms with Crippen molar-refractivity contribution in [3.05, 3.63) is 47.6 Å². The molecule has 4 aliphatic heterocycles. The molecule has 1 N–H and O–H groups in total. The standard InChI is InChI=1S/C29H44N6O.C2H6/c1-26(2)10-9-14-34(15-13-26)24-16-23(35-25(33-24)18-28(5,6)21-32-35)30-19-22-17-27(3,4)11-12-29(7,36-8)31-20-22;1-2/h11-12,16-18,20-21,33H,9-10,13-15,19H2,1-8H3;1-2H3/b12-11-,22-17-,30-23?,31-20-;. The summed E-state index contributed by atoms with van der Waals surface area (Å²) >= 11 is 0. The molecule has 4 rings (SSSR count). The summed E-state index contributed by atoms with van der Waals surface area (Å²) in [6.07, 6.45) is 18.3. The van der Waals surface area contributed by atoms with Crippen LogP contribution in [0.4, 0.5) is 0 Å². The van der Waals surface area contributed by atoms with E-state index in [1.54, 1.807) is 7.11 Å². The van der Waals surface area contributed by atoms with Crippen LogP contribution in [0.2, 0.25) is 0 Å². The second-order valence-electron chi connectivity index (χ2n) is 12.6. The Bertz CT molecular complexity index is 1070. The zero-order valence-electron chi connectivity index (χ0n) is 25.4. The van der Waals surface area contributed by atoms with E-state index in [2.05, 4.69) is 76.1 Å². The molecule has 0 spiro atoms. The van der Waals surface area contributed by atoms with Gasteiger partial charge in [-0.3, -0.25) is 9.98 Å². The highest BCUT2D eigenvalue weighted by atomic mass is 16.5. The normalized spacial score (nSPS) is 31.5. The van der Waals surface area contributed by atoms with Gasteiger partial charge in [0.05, 0.1) is 6.54 Å². The lowest BCUT2D eigenvalue weighted by molar-refractivity contribution is 0.0567. The Labute approximate surface area is 231 Å². The van der Waals surface area contributed by atoms with E-state index in [9.17, 15) is 0 Å². The second-order valence-corrected chi connectivity index (χ2v) is 12.6. The molecule has 0 aliphatic carbocycles. The van der Waals surface area contributed by atoms with E-state index >= 15 is 0 Å². The topological polar surface area (TPSA) is 64.8 Å². The van der Waals surface area contributed by atoms with Crippen molar-refractivity contribution >= 4 is 18.3 Å². The van der Waals surface area contributed by atoms with Crippen LogP contribution < -0.4 is 5.32 Å². The smallest absolute Gasteiger partial charge is 0.174 e. The number of nitrogens with one attached hydrogen (secondary N) is 1. The largest absolute Gasteiger partial charge is 0.358 e. The highest BCUT2D eigenvalue weighted by molar-refractivity contribution is 5.97. The number of amidine groups is 1. The molecule has 7 heteroatoms. The number of hydrazone groups is 1. The predicted molar refractivity (Wildman–Crippen MR) is 161 cm³/mol. The molecule has 0 bridgehead atoms. The molecule has 0 amide bonds. The number of hydrogen-bond donors (Lipinski definition) is 1. The molecule has 1 atom stereocenters. The van der Waals surface area contributed by atoms with Crippen LogP contribution >= 0.6 is 0 Å². The van der Waals surface area contributed by atoms with Crippen molar-refractivity contribution in [2.24, 2.45) is 31.3 Å². The van der Waals surface area contributed by atoms with Gasteiger partial charge in [-0.25, -0.2) is 0 Å². The monoisotopic (exact) mass is 522 g/mol. The first-order valence-corrected chi connectivity index (χ1v) is 14.2.